The van der Waals surface area contributed by atoms with Gasteiger partial charge in [-0.15, -0.1) is 0 Å². The summed E-state index contributed by atoms with van der Waals surface area (Å²) in [6, 6.07) is 0.438. The number of carbonyl (C=O) groups excluding carboxylic acids is 1. The molecule has 0 aromatic carbocycles. The van der Waals surface area contributed by atoms with Crippen LogP contribution in [0.25, 0.3) is 0 Å². The maximum absolute atomic E-state index is 12.0. The van der Waals surface area contributed by atoms with Crippen LogP contribution in [0.1, 0.15) is 16.9 Å². The Morgan fingerprint density at radius 2 is 2.24 bits per heavy atom. The van der Waals surface area contributed by atoms with Crippen LogP contribution in [0.2, 0.25) is 5.02 Å². The lowest BCUT2D eigenvalue weighted by molar-refractivity contribution is -0.141. The number of aliphatic carboxylic acids is 1. The molecular weight excluding hydrogens is 248 g/mol. The second-order valence-electron chi connectivity index (χ2n) is 3.93. The first-order valence-corrected chi connectivity index (χ1v) is 5.42. The lowest BCUT2D eigenvalue weighted by Gasteiger charge is -2.20. The number of aromatic amines is 1. The monoisotopic (exact) mass is 258 g/mol. The quantitative estimate of drug-likeness (QED) is 0.713. The Labute approximate surface area is 102 Å². The average Bonchev–Trinajstić information content (AvgIpc) is 2.83. The van der Waals surface area contributed by atoms with E-state index in [0.29, 0.717) is 5.02 Å². The molecule has 2 atom stereocenters. The van der Waals surface area contributed by atoms with Crippen LogP contribution in [-0.4, -0.2) is 50.7 Å². The third kappa shape index (κ3) is 2.27. The predicted octanol–water partition coefficient (Wildman–Crippen LogP) is 0.328. The molecule has 17 heavy (non-hydrogen) atoms. The molecule has 0 radical (unpaired) electrons. The maximum atomic E-state index is 12.0. The van der Waals surface area contributed by atoms with Gasteiger partial charge in [0.25, 0.3) is 5.91 Å². The van der Waals surface area contributed by atoms with Crippen molar-refractivity contribution in [2.24, 2.45) is 0 Å². The van der Waals surface area contributed by atoms with Crippen LogP contribution in [0.3, 0.4) is 0 Å². The van der Waals surface area contributed by atoms with Gasteiger partial charge in [0.2, 0.25) is 0 Å². The van der Waals surface area contributed by atoms with Gasteiger partial charge in [0.15, 0.2) is 0 Å². The molecule has 1 fully saturated rings. The summed E-state index contributed by atoms with van der Waals surface area (Å²) in [4.78, 5) is 26.7. The Morgan fingerprint density at radius 3 is 2.76 bits per heavy atom. The van der Waals surface area contributed by atoms with E-state index in [-0.39, 0.29) is 18.7 Å². The molecule has 3 N–H and O–H groups in total. The molecule has 1 aromatic heterocycles. The van der Waals surface area contributed by atoms with Gasteiger partial charge in [-0.3, -0.25) is 4.79 Å². The number of H-pyrrole nitrogens is 1. The molecule has 1 saturated heterocycles. The minimum Gasteiger partial charge on any atom is -0.480 e. The van der Waals surface area contributed by atoms with Crippen LogP contribution in [0.5, 0.6) is 0 Å². The lowest BCUT2D eigenvalue weighted by Crippen LogP contribution is -2.40. The molecule has 1 amide bonds. The van der Waals surface area contributed by atoms with E-state index in [2.05, 4.69) is 4.98 Å². The van der Waals surface area contributed by atoms with Crippen molar-refractivity contribution >= 4 is 23.5 Å². The standard InChI is InChI=1S/C10H11ClN2O4/c11-5-1-7(12-3-5)9(15)13-4-6(14)2-8(13)10(16)17/h1,3,6,8,12,14H,2,4H2,(H,16,17)/t6-,8+/m1/s1. The van der Waals surface area contributed by atoms with Crippen molar-refractivity contribution in [1.82, 2.24) is 9.88 Å². The van der Waals surface area contributed by atoms with Gasteiger partial charge in [-0.2, -0.15) is 0 Å². The Balaban J connectivity index is 2.21. The number of nitrogens with zero attached hydrogens (tertiary/aromatic N) is 1. The van der Waals surface area contributed by atoms with Crippen molar-refractivity contribution in [1.29, 1.82) is 0 Å². The summed E-state index contributed by atoms with van der Waals surface area (Å²) >= 11 is 5.67. The van der Waals surface area contributed by atoms with Crippen LogP contribution < -0.4 is 0 Å². The third-order valence-electron chi connectivity index (χ3n) is 2.70. The molecule has 0 saturated carbocycles. The summed E-state index contributed by atoms with van der Waals surface area (Å²) in [6.45, 7) is 0.0203. The number of likely N-dealkylation sites (tertiary alicyclic amines) is 1. The number of β-amino-alcohol motifs (C(OH)–C–C–N with tert-alkyl or cyclic N) is 1. The summed E-state index contributed by atoms with van der Waals surface area (Å²) in [5.41, 5.74) is 0.218. The number of hydrogen-bond donors (Lipinski definition) is 3. The van der Waals surface area contributed by atoms with E-state index < -0.39 is 24.0 Å². The number of aliphatic hydroxyl groups is 1. The van der Waals surface area contributed by atoms with Crippen molar-refractivity contribution in [3.8, 4) is 0 Å². The van der Waals surface area contributed by atoms with Crippen molar-refractivity contribution in [2.75, 3.05) is 6.54 Å². The number of amides is 1. The first-order chi connectivity index (χ1) is 7.99. The van der Waals surface area contributed by atoms with Crippen molar-refractivity contribution in [3.05, 3.63) is 23.0 Å². The van der Waals surface area contributed by atoms with Gasteiger partial charge in [0.05, 0.1) is 11.1 Å². The number of aliphatic hydroxyl groups excluding tert-OH is 1. The van der Waals surface area contributed by atoms with Crippen molar-refractivity contribution in [3.63, 3.8) is 0 Å². The van der Waals surface area contributed by atoms with Crippen LogP contribution >= 0.6 is 11.6 Å². The van der Waals surface area contributed by atoms with E-state index in [1.54, 1.807) is 0 Å². The first-order valence-electron chi connectivity index (χ1n) is 5.05. The van der Waals surface area contributed by atoms with Crippen LogP contribution in [0.15, 0.2) is 12.3 Å². The summed E-state index contributed by atoms with van der Waals surface area (Å²) < 4.78 is 0. The molecule has 6 nitrogen and oxygen atoms in total. The number of hydrogen-bond acceptors (Lipinski definition) is 3. The first kappa shape index (κ1) is 11.9. The second-order valence-corrected chi connectivity index (χ2v) is 4.37. The fraction of sp³-hybridized carbons (Fsp3) is 0.400. The van der Waals surface area contributed by atoms with Crippen LogP contribution in [0, 0.1) is 0 Å². The van der Waals surface area contributed by atoms with Gasteiger partial charge in [-0.1, -0.05) is 11.6 Å². The smallest absolute Gasteiger partial charge is 0.326 e. The molecule has 92 valence electrons. The minimum absolute atomic E-state index is 0.0203. The zero-order chi connectivity index (χ0) is 12.6. The number of aromatic nitrogens is 1. The van der Waals surface area contributed by atoms with Crippen LogP contribution in [0.4, 0.5) is 0 Å². The molecular formula is C10H11ClN2O4. The molecule has 1 aliphatic heterocycles. The van der Waals surface area contributed by atoms with E-state index in [1.165, 1.54) is 12.3 Å². The highest BCUT2D eigenvalue weighted by atomic mass is 35.5. The van der Waals surface area contributed by atoms with Gasteiger partial charge in [-0.25, -0.2) is 4.79 Å². The number of carboxylic acid groups (broad SMARTS) is 1. The topological polar surface area (TPSA) is 93.6 Å². The van der Waals surface area contributed by atoms with E-state index in [4.69, 9.17) is 16.7 Å². The number of rotatable bonds is 2. The zero-order valence-corrected chi connectivity index (χ0v) is 9.52. The number of halogens is 1. The second kappa shape index (κ2) is 4.38. The molecule has 1 aromatic rings. The van der Waals surface area contributed by atoms with Gasteiger partial charge >= 0.3 is 5.97 Å². The Bertz CT molecular complexity index is 459. The highest BCUT2D eigenvalue weighted by Crippen LogP contribution is 2.21. The van der Waals surface area contributed by atoms with Gasteiger partial charge < -0.3 is 20.1 Å². The number of carboxylic acids is 1. The van der Waals surface area contributed by atoms with E-state index >= 15 is 0 Å². The molecule has 2 heterocycles. The highest BCUT2D eigenvalue weighted by molar-refractivity contribution is 6.31. The molecule has 7 heteroatoms. The van der Waals surface area contributed by atoms with Crippen molar-refractivity contribution in [2.45, 2.75) is 18.6 Å². The summed E-state index contributed by atoms with van der Waals surface area (Å²) in [7, 11) is 0. The zero-order valence-electron chi connectivity index (χ0n) is 8.76. The molecule has 0 bridgehead atoms. The molecule has 0 unspecified atom stereocenters. The van der Waals surface area contributed by atoms with E-state index in [9.17, 15) is 14.7 Å². The maximum Gasteiger partial charge on any atom is 0.326 e. The summed E-state index contributed by atoms with van der Waals surface area (Å²) in [5.74, 6) is -1.59. The van der Waals surface area contributed by atoms with Gasteiger partial charge in [0.1, 0.15) is 11.7 Å². The third-order valence-corrected chi connectivity index (χ3v) is 2.92. The van der Waals surface area contributed by atoms with Gasteiger partial charge in [-0.05, 0) is 6.07 Å². The average molecular weight is 259 g/mol. The predicted molar refractivity (Wildman–Crippen MR) is 58.9 cm³/mol. The SMILES string of the molecule is O=C(O)[C@@H]1C[C@@H](O)CN1C(=O)c1cc(Cl)c[nH]1. The molecule has 1 aliphatic rings. The van der Waals surface area contributed by atoms with E-state index in [1.807, 2.05) is 0 Å². The largest absolute Gasteiger partial charge is 0.480 e. The Hall–Kier alpha value is -1.53. The Kier molecular flexibility index (Phi) is 3.08. The van der Waals surface area contributed by atoms with Gasteiger partial charge in [0, 0.05) is 19.2 Å². The lowest BCUT2D eigenvalue weighted by atomic mass is 10.2. The molecule has 2 rings (SSSR count). The normalized spacial score (nSPS) is 24.0. The highest BCUT2D eigenvalue weighted by Gasteiger charge is 2.39. The van der Waals surface area contributed by atoms with Crippen molar-refractivity contribution < 1.29 is 19.8 Å². The number of nitrogens with one attached hydrogen (secondary N) is 1. The Morgan fingerprint density at radius 1 is 1.53 bits per heavy atom. The molecule has 0 spiro atoms. The molecule has 0 aliphatic carbocycles. The fourth-order valence-corrected chi connectivity index (χ4v) is 2.08. The fourth-order valence-electron chi connectivity index (χ4n) is 1.92. The van der Waals surface area contributed by atoms with Crippen LogP contribution in [-0.2, 0) is 4.79 Å². The minimum atomic E-state index is -1.12. The number of carbonyl (C=O) groups is 2. The summed E-state index contributed by atoms with van der Waals surface area (Å²) in [5, 5.41) is 18.8. The van der Waals surface area contributed by atoms with E-state index in [0.717, 1.165) is 4.90 Å². The summed E-state index contributed by atoms with van der Waals surface area (Å²) in [6.07, 6.45) is 0.692.